The first-order valence-corrected chi connectivity index (χ1v) is 4.82. The van der Waals surface area contributed by atoms with Crippen LogP contribution < -0.4 is 0 Å². The van der Waals surface area contributed by atoms with Crippen LogP contribution in [-0.4, -0.2) is 9.91 Å². The number of nitro groups is 1. The van der Waals surface area contributed by atoms with Crippen LogP contribution in [0.5, 0.6) is 0 Å². The van der Waals surface area contributed by atoms with Crippen LogP contribution in [0.1, 0.15) is 11.3 Å². The third kappa shape index (κ3) is 2.17. The standard InChI is InChI=1S/C12H10N2O2/c15-14(16)9-11(12-7-4-8-13-12)10-5-2-1-3-6-10/h1-9,13H/b11-9-. The first-order valence-electron chi connectivity index (χ1n) is 4.82. The van der Waals surface area contributed by atoms with Crippen LogP contribution in [-0.2, 0) is 0 Å². The second-order valence-electron chi connectivity index (χ2n) is 3.28. The molecule has 0 amide bonds. The summed E-state index contributed by atoms with van der Waals surface area (Å²) in [4.78, 5) is 13.1. The number of nitrogens with zero attached hydrogens (tertiary/aromatic N) is 1. The van der Waals surface area contributed by atoms with Gasteiger partial charge in [0.1, 0.15) is 0 Å². The van der Waals surface area contributed by atoms with E-state index in [1.165, 1.54) is 0 Å². The lowest BCUT2D eigenvalue weighted by Gasteiger charge is -2.02. The van der Waals surface area contributed by atoms with Gasteiger partial charge in [0.15, 0.2) is 0 Å². The Balaban J connectivity index is 2.49. The van der Waals surface area contributed by atoms with Crippen molar-refractivity contribution < 1.29 is 4.92 Å². The molecule has 0 radical (unpaired) electrons. The van der Waals surface area contributed by atoms with Crippen LogP contribution in [0.3, 0.4) is 0 Å². The molecular weight excluding hydrogens is 204 g/mol. The monoisotopic (exact) mass is 214 g/mol. The zero-order chi connectivity index (χ0) is 11.4. The smallest absolute Gasteiger partial charge is 0.244 e. The fourth-order valence-corrected chi connectivity index (χ4v) is 1.52. The Morgan fingerprint density at radius 3 is 2.50 bits per heavy atom. The van der Waals surface area contributed by atoms with Crippen molar-refractivity contribution in [1.29, 1.82) is 0 Å². The number of hydrogen-bond donors (Lipinski definition) is 1. The highest BCUT2D eigenvalue weighted by molar-refractivity contribution is 5.77. The van der Waals surface area contributed by atoms with E-state index in [0.717, 1.165) is 17.5 Å². The van der Waals surface area contributed by atoms with Crippen molar-refractivity contribution in [2.24, 2.45) is 0 Å². The fourth-order valence-electron chi connectivity index (χ4n) is 1.52. The maximum atomic E-state index is 10.6. The lowest BCUT2D eigenvalue weighted by atomic mass is 10.0. The summed E-state index contributed by atoms with van der Waals surface area (Å²) in [5.41, 5.74) is 2.14. The molecule has 1 aromatic heterocycles. The Morgan fingerprint density at radius 2 is 1.94 bits per heavy atom. The van der Waals surface area contributed by atoms with Gasteiger partial charge in [-0.25, -0.2) is 0 Å². The summed E-state index contributed by atoms with van der Waals surface area (Å²) in [5.74, 6) is 0. The molecule has 2 aromatic rings. The zero-order valence-electron chi connectivity index (χ0n) is 8.46. The highest BCUT2D eigenvalue weighted by Crippen LogP contribution is 2.21. The molecule has 0 aliphatic carbocycles. The average molecular weight is 214 g/mol. The van der Waals surface area contributed by atoms with Crippen molar-refractivity contribution in [2.75, 3.05) is 0 Å². The second kappa shape index (κ2) is 4.44. The van der Waals surface area contributed by atoms with E-state index in [9.17, 15) is 10.1 Å². The van der Waals surface area contributed by atoms with Gasteiger partial charge in [0, 0.05) is 6.20 Å². The number of aromatic nitrogens is 1. The SMILES string of the molecule is O=[N+]([O-])/C=C(/c1ccccc1)c1ccc[nH]1. The Kier molecular flexibility index (Phi) is 2.82. The van der Waals surface area contributed by atoms with Crippen LogP contribution >= 0.6 is 0 Å². The zero-order valence-corrected chi connectivity index (χ0v) is 8.46. The molecule has 1 N–H and O–H groups in total. The normalized spacial score (nSPS) is 11.4. The van der Waals surface area contributed by atoms with Crippen LogP contribution in [0.4, 0.5) is 0 Å². The van der Waals surface area contributed by atoms with Gasteiger partial charge in [-0.05, 0) is 17.7 Å². The van der Waals surface area contributed by atoms with E-state index >= 15 is 0 Å². The fraction of sp³-hybridized carbons (Fsp3) is 0. The minimum atomic E-state index is -0.441. The molecule has 16 heavy (non-hydrogen) atoms. The topological polar surface area (TPSA) is 58.9 Å². The molecule has 1 heterocycles. The van der Waals surface area contributed by atoms with E-state index in [1.807, 2.05) is 42.5 Å². The van der Waals surface area contributed by atoms with Crippen molar-refractivity contribution in [3.63, 3.8) is 0 Å². The van der Waals surface area contributed by atoms with Crippen molar-refractivity contribution >= 4 is 5.57 Å². The number of rotatable bonds is 3. The number of aromatic amines is 1. The van der Waals surface area contributed by atoms with Gasteiger partial charge < -0.3 is 4.98 Å². The summed E-state index contributed by atoms with van der Waals surface area (Å²) in [5, 5.41) is 10.6. The highest BCUT2D eigenvalue weighted by atomic mass is 16.6. The predicted molar refractivity (Wildman–Crippen MR) is 61.3 cm³/mol. The Bertz CT molecular complexity index is 501. The predicted octanol–water partition coefficient (Wildman–Crippen LogP) is 2.68. The molecule has 0 aliphatic rings. The van der Waals surface area contributed by atoms with E-state index in [2.05, 4.69) is 4.98 Å². The molecule has 0 unspecified atom stereocenters. The van der Waals surface area contributed by atoms with Gasteiger partial charge in [-0.2, -0.15) is 0 Å². The molecule has 0 saturated heterocycles. The van der Waals surface area contributed by atoms with Gasteiger partial charge in [-0.15, -0.1) is 0 Å². The third-order valence-electron chi connectivity index (χ3n) is 2.21. The van der Waals surface area contributed by atoms with Gasteiger partial charge in [-0.3, -0.25) is 10.1 Å². The van der Waals surface area contributed by atoms with Crippen molar-refractivity contribution in [1.82, 2.24) is 4.98 Å². The molecular formula is C12H10N2O2. The molecule has 4 heteroatoms. The van der Waals surface area contributed by atoms with E-state index in [1.54, 1.807) is 6.20 Å². The van der Waals surface area contributed by atoms with Gasteiger partial charge in [0.25, 0.3) is 0 Å². The first kappa shape index (κ1) is 10.2. The molecule has 1 aromatic carbocycles. The molecule has 0 fully saturated rings. The molecule has 0 bridgehead atoms. The summed E-state index contributed by atoms with van der Waals surface area (Å²) < 4.78 is 0. The molecule has 4 nitrogen and oxygen atoms in total. The Labute approximate surface area is 92.4 Å². The molecule has 0 aliphatic heterocycles. The summed E-state index contributed by atoms with van der Waals surface area (Å²) in [6.07, 6.45) is 2.76. The Morgan fingerprint density at radius 1 is 1.19 bits per heavy atom. The largest absolute Gasteiger partial charge is 0.361 e. The number of hydrogen-bond acceptors (Lipinski definition) is 2. The van der Waals surface area contributed by atoms with Crippen LogP contribution in [0.15, 0.2) is 54.9 Å². The lowest BCUT2D eigenvalue weighted by molar-refractivity contribution is -0.401. The molecule has 0 saturated carbocycles. The van der Waals surface area contributed by atoms with Crippen molar-refractivity contribution in [3.05, 3.63) is 76.2 Å². The molecule has 0 spiro atoms. The van der Waals surface area contributed by atoms with Gasteiger partial charge >= 0.3 is 0 Å². The number of benzene rings is 1. The van der Waals surface area contributed by atoms with Crippen LogP contribution in [0.25, 0.3) is 5.57 Å². The third-order valence-corrected chi connectivity index (χ3v) is 2.21. The maximum absolute atomic E-state index is 10.6. The first-order chi connectivity index (χ1) is 7.77. The minimum absolute atomic E-state index is 0.441. The summed E-state index contributed by atoms with van der Waals surface area (Å²) in [7, 11) is 0. The van der Waals surface area contributed by atoms with Gasteiger partial charge in [-0.1, -0.05) is 30.3 Å². The average Bonchev–Trinajstić information content (AvgIpc) is 2.80. The van der Waals surface area contributed by atoms with Crippen molar-refractivity contribution in [2.45, 2.75) is 0 Å². The molecule has 2 rings (SSSR count). The van der Waals surface area contributed by atoms with Gasteiger partial charge in [0.2, 0.25) is 6.20 Å². The van der Waals surface area contributed by atoms with Crippen LogP contribution in [0.2, 0.25) is 0 Å². The van der Waals surface area contributed by atoms with Crippen LogP contribution in [0, 0.1) is 10.1 Å². The van der Waals surface area contributed by atoms with Crippen molar-refractivity contribution in [3.8, 4) is 0 Å². The minimum Gasteiger partial charge on any atom is -0.361 e. The molecule has 80 valence electrons. The maximum Gasteiger partial charge on any atom is 0.244 e. The highest BCUT2D eigenvalue weighted by Gasteiger charge is 2.09. The molecule has 0 atom stereocenters. The van der Waals surface area contributed by atoms with E-state index < -0.39 is 4.92 Å². The summed E-state index contributed by atoms with van der Waals surface area (Å²) >= 11 is 0. The summed E-state index contributed by atoms with van der Waals surface area (Å²) in [6.45, 7) is 0. The number of H-pyrrole nitrogens is 1. The second-order valence-corrected chi connectivity index (χ2v) is 3.28. The summed E-state index contributed by atoms with van der Waals surface area (Å²) in [6, 6.07) is 12.9. The number of nitrogens with one attached hydrogen (secondary N) is 1. The van der Waals surface area contributed by atoms with Gasteiger partial charge in [0.05, 0.1) is 16.2 Å². The lowest BCUT2D eigenvalue weighted by Crippen LogP contribution is -1.93. The van der Waals surface area contributed by atoms with E-state index in [0.29, 0.717) is 5.57 Å². The van der Waals surface area contributed by atoms with E-state index in [4.69, 9.17) is 0 Å². The van der Waals surface area contributed by atoms with E-state index in [-0.39, 0.29) is 0 Å². The quantitative estimate of drug-likeness (QED) is 0.630. The Hall–Kier alpha value is -2.36.